The van der Waals surface area contributed by atoms with Crippen LogP contribution in [0.2, 0.25) is 0 Å². The Kier molecular flexibility index (Phi) is 6.98. The lowest BCUT2D eigenvalue weighted by Crippen LogP contribution is -2.66. The predicted molar refractivity (Wildman–Crippen MR) is 134 cm³/mol. The van der Waals surface area contributed by atoms with Crippen molar-refractivity contribution in [3.8, 4) is 0 Å². The van der Waals surface area contributed by atoms with Crippen molar-refractivity contribution in [2.75, 3.05) is 19.8 Å². The van der Waals surface area contributed by atoms with Crippen LogP contribution in [0.5, 0.6) is 0 Å². The lowest BCUT2D eigenvalue weighted by molar-refractivity contribution is -0.232. The van der Waals surface area contributed by atoms with Gasteiger partial charge in [0.2, 0.25) is 0 Å². The molecule has 8 nitrogen and oxygen atoms in total. The molecule has 0 aromatic rings. The monoisotopic (exact) mass is 514 g/mol. The van der Waals surface area contributed by atoms with E-state index in [1.165, 1.54) is 17.7 Å². The normalized spacial score (nSPS) is 47.6. The second-order valence-electron chi connectivity index (χ2n) is 11.4. The van der Waals surface area contributed by atoms with Crippen LogP contribution in [-0.4, -0.2) is 73.0 Å². The molecular weight excluding hydrogens is 476 g/mol. The third-order valence-corrected chi connectivity index (χ3v) is 9.32. The summed E-state index contributed by atoms with van der Waals surface area (Å²) in [6, 6.07) is 0. The Labute approximate surface area is 218 Å². The van der Waals surface area contributed by atoms with Gasteiger partial charge in [-0.05, 0) is 40.0 Å². The van der Waals surface area contributed by atoms with Crippen LogP contribution in [0.4, 0.5) is 0 Å². The van der Waals surface area contributed by atoms with Crippen molar-refractivity contribution in [3.05, 3.63) is 47.6 Å². The van der Waals surface area contributed by atoms with Gasteiger partial charge in [-0.2, -0.15) is 0 Å². The summed E-state index contributed by atoms with van der Waals surface area (Å²) in [6.07, 6.45) is 10.2. The molecule has 3 aliphatic heterocycles. The molecule has 0 aromatic carbocycles. The standard InChI is InChI=1S/C29H38O8/c1-18-9-11-28-16-34-26(32)14-19(2)10-12-33-20(3)21(30)7-5-6-8-25(31)37-22-15-24(36-23(28)13-18)29(17-35-29)27(22,28)4/h5-8,13-14,20-24,30H,9-12,15-17H2,1-4H3/b7-5+,8-6-,19-14+/t20-,21+,22+,23+,24+,27+,28?,29-/m0/s1. The Morgan fingerprint density at radius 2 is 1.81 bits per heavy atom. The number of allylic oxidation sites excluding steroid dienone is 3. The third kappa shape index (κ3) is 4.42. The van der Waals surface area contributed by atoms with Gasteiger partial charge in [0.1, 0.15) is 18.3 Å². The second kappa shape index (κ2) is 9.80. The van der Waals surface area contributed by atoms with E-state index in [4.69, 9.17) is 23.7 Å². The summed E-state index contributed by atoms with van der Waals surface area (Å²) in [5, 5.41) is 10.3. The average molecular weight is 515 g/mol. The van der Waals surface area contributed by atoms with Crippen molar-refractivity contribution in [3.63, 3.8) is 0 Å². The van der Waals surface area contributed by atoms with E-state index in [1.807, 2.05) is 6.92 Å². The van der Waals surface area contributed by atoms with Gasteiger partial charge in [0.25, 0.3) is 0 Å². The molecule has 2 bridgehead atoms. The van der Waals surface area contributed by atoms with E-state index in [9.17, 15) is 14.7 Å². The molecule has 3 fully saturated rings. The molecule has 5 rings (SSSR count). The summed E-state index contributed by atoms with van der Waals surface area (Å²) in [7, 11) is 0. The molecule has 8 heteroatoms. The molecule has 5 aliphatic rings. The number of aliphatic hydroxyl groups is 1. The Morgan fingerprint density at radius 1 is 1.03 bits per heavy atom. The van der Waals surface area contributed by atoms with Crippen molar-refractivity contribution >= 4 is 11.9 Å². The maximum absolute atomic E-state index is 12.9. The van der Waals surface area contributed by atoms with Crippen LogP contribution < -0.4 is 0 Å². The first-order valence-electron chi connectivity index (χ1n) is 13.3. The summed E-state index contributed by atoms with van der Waals surface area (Å²) in [5.74, 6) is -0.891. The van der Waals surface area contributed by atoms with E-state index in [0.29, 0.717) is 26.1 Å². The molecule has 37 heavy (non-hydrogen) atoms. The number of carbonyl (C=O) groups excluding carboxylic acids is 2. The van der Waals surface area contributed by atoms with Gasteiger partial charge in [0, 0.05) is 24.0 Å². The fraction of sp³-hybridized carbons (Fsp3) is 0.655. The molecule has 1 unspecified atom stereocenters. The Bertz CT molecular complexity index is 1050. The van der Waals surface area contributed by atoms with Crippen LogP contribution in [0.15, 0.2) is 47.6 Å². The highest BCUT2D eigenvalue weighted by molar-refractivity contribution is 5.83. The fourth-order valence-electron chi connectivity index (χ4n) is 6.80. The van der Waals surface area contributed by atoms with Crippen molar-refractivity contribution in [1.29, 1.82) is 0 Å². The number of epoxide rings is 1. The fourth-order valence-corrected chi connectivity index (χ4v) is 6.80. The van der Waals surface area contributed by atoms with Crippen molar-refractivity contribution in [2.24, 2.45) is 10.8 Å². The number of esters is 2. The maximum atomic E-state index is 12.9. The third-order valence-electron chi connectivity index (χ3n) is 9.32. The van der Waals surface area contributed by atoms with Gasteiger partial charge in [-0.15, -0.1) is 0 Å². The van der Waals surface area contributed by atoms with Gasteiger partial charge in [0.15, 0.2) is 0 Å². The number of hydrogen-bond donors (Lipinski definition) is 1. The summed E-state index contributed by atoms with van der Waals surface area (Å²) < 4.78 is 30.5. The van der Waals surface area contributed by atoms with E-state index in [-0.39, 0.29) is 18.8 Å². The SMILES string of the molecule is CC1=C[C@H]2O[C@@H]3C[C@H]4OC(=O)/C=C\C=C\[C@@H](O)[C@H](C)OCC/C(C)=C/C(=O)OCC2(CC1)[C@]4(C)[C@]31CO1. The lowest BCUT2D eigenvalue weighted by Gasteiger charge is -2.58. The molecule has 0 radical (unpaired) electrons. The topological polar surface area (TPSA) is 104 Å². The smallest absolute Gasteiger partial charge is 0.331 e. The summed E-state index contributed by atoms with van der Waals surface area (Å²) in [4.78, 5) is 25.8. The maximum Gasteiger partial charge on any atom is 0.331 e. The zero-order chi connectivity index (χ0) is 26.4. The van der Waals surface area contributed by atoms with Gasteiger partial charge in [-0.3, -0.25) is 0 Å². The number of aliphatic hydroxyl groups excluding tert-OH is 1. The van der Waals surface area contributed by atoms with E-state index in [2.05, 4.69) is 19.9 Å². The van der Waals surface area contributed by atoms with E-state index in [1.54, 1.807) is 25.2 Å². The molecular formula is C29H38O8. The molecule has 202 valence electrons. The molecule has 2 spiro atoms. The van der Waals surface area contributed by atoms with Crippen molar-refractivity contribution in [2.45, 2.75) is 89.5 Å². The molecule has 0 aromatic heterocycles. The summed E-state index contributed by atoms with van der Waals surface area (Å²) in [6.45, 7) is 8.88. The Hall–Kier alpha value is -2.26. The first kappa shape index (κ1) is 26.4. The number of hydrogen-bond acceptors (Lipinski definition) is 8. The van der Waals surface area contributed by atoms with Crippen LogP contribution in [0.25, 0.3) is 0 Å². The number of cyclic esters (lactones) is 1. The van der Waals surface area contributed by atoms with Gasteiger partial charge in [-0.25, -0.2) is 9.59 Å². The molecule has 1 N–H and O–H groups in total. The average Bonchev–Trinajstić information content (AvgIpc) is 3.63. The first-order valence-corrected chi connectivity index (χ1v) is 13.3. The molecule has 1 saturated carbocycles. The summed E-state index contributed by atoms with van der Waals surface area (Å²) in [5.41, 5.74) is 0.297. The van der Waals surface area contributed by atoms with Crippen LogP contribution in [0, 0.1) is 10.8 Å². The molecule has 0 amide bonds. The molecule has 8 atom stereocenters. The van der Waals surface area contributed by atoms with Gasteiger partial charge >= 0.3 is 11.9 Å². The van der Waals surface area contributed by atoms with Gasteiger partial charge in [0.05, 0.1) is 43.0 Å². The largest absolute Gasteiger partial charge is 0.462 e. The van der Waals surface area contributed by atoms with Crippen LogP contribution >= 0.6 is 0 Å². The second-order valence-corrected chi connectivity index (χ2v) is 11.4. The Balaban J connectivity index is 1.50. The highest BCUT2D eigenvalue weighted by Crippen LogP contribution is 2.72. The van der Waals surface area contributed by atoms with Gasteiger partial charge < -0.3 is 28.8 Å². The van der Waals surface area contributed by atoms with Crippen LogP contribution in [0.1, 0.15) is 53.4 Å². The minimum atomic E-state index is -0.839. The number of carbonyl (C=O) groups is 2. The van der Waals surface area contributed by atoms with Crippen LogP contribution in [0.3, 0.4) is 0 Å². The lowest BCUT2D eigenvalue weighted by atomic mass is 9.51. The number of rotatable bonds is 0. The zero-order valence-corrected chi connectivity index (χ0v) is 22.1. The Morgan fingerprint density at radius 3 is 2.57 bits per heavy atom. The van der Waals surface area contributed by atoms with Gasteiger partial charge in [-0.1, -0.05) is 42.4 Å². The molecule has 2 saturated heterocycles. The molecule has 3 heterocycles. The van der Waals surface area contributed by atoms with Crippen molar-refractivity contribution < 1.29 is 38.4 Å². The zero-order valence-electron chi connectivity index (χ0n) is 22.1. The first-order chi connectivity index (χ1) is 17.6. The predicted octanol–water partition coefficient (Wildman–Crippen LogP) is 3.34. The molecule has 2 aliphatic carbocycles. The minimum absolute atomic E-state index is 0.144. The quantitative estimate of drug-likeness (QED) is 0.298. The minimum Gasteiger partial charge on any atom is -0.462 e. The van der Waals surface area contributed by atoms with Crippen molar-refractivity contribution in [1.82, 2.24) is 0 Å². The number of ether oxygens (including phenoxy) is 5. The van der Waals surface area contributed by atoms with E-state index in [0.717, 1.165) is 18.4 Å². The summed E-state index contributed by atoms with van der Waals surface area (Å²) >= 11 is 0. The van der Waals surface area contributed by atoms with E-state index >= 15 is 0 Å². The van der Waals surface area contributed by atoms with E-state index < -0.39 is 46.7 Å². The highest BCUT2D eigenvalue weighted by atomic mass is 16.6. The van der Waals surface area contributed by atoms with Crippen LogP contribution in [-0.2, 0) is 33.3 Å². The highest BCUT2D eigenvalue weighted by Gasteiger charge is 2.83.